The Labute approximate surface area is 146 Å². The summed E-state index contributed by atoms with van der Waals surface area (Å²) in [6.45, 7) is 2.19. The van der Waals surface area contributed by atoms with Gasteiger partial charge in [0.1, 0.15) is 11.1 Å². The minimum Gasteiger partial charge on any atom is -0.442 e. The Hall–Kier alpha value is -2.41. The molecule has 1 aromatic carbocycles. The third kappa shape index (κ3) is 3.12. The van der Waals surface area contributed by atoms with Crippen LogP contribution in [0.15, 0.2) is 44.3 Å². The van der Waals surface area contributed by atoms with E-state index < -0.39 is 0 Å². The van der Waals surface area contributed by atoms with E-state index in [9.17, 15) is 9.59 Å². The number of rotatable bonds is 4. The van der Waals surface area contributed by atoms with Gasteiger partial charge in [0.25, 0.3) is 11.5 Å². The first-order chi connectivity index (χ1) is 11.5. The molecule has 1 amide bonds. The molecule has 0 unspecified atom stereocenters. The van der Waals surface area contributed by atoms with Gasteiger partial charge in [-0.05, 0) is 31.0 Å². The molecule has 2 heterocycles. The molecular weight excluding hydrogens is 374 g/mol. The van der Waals surface area contributed by atoms with Gasteiger partial charge in [0.15, 0.2) is 0 Å². The quantitative estimate of drug-likeness (QED) is 0.743. The zero-order valence-corrected chi connectivity index (χ0v) is 14.9. The van der Waals surface area contributed by atoms with Gasteiger partial charge in [-0.3, -0.25) is 9.59 Å². The second kappa shape index (κ2) is 6.60. The fourth-order valence-corrected chi connectivity index (χ4v) is 3.04. The van der Waals surface area contributed by atoms with E-state index in [0.29, 0.717) is 18.7 Å². The van der Waals surface area contributed by atoms with Crippen LogP contribution in [0.25, 0.3) is 11.1 Å². The number of nitrogens with zero attached hydrogens (tertiary/aromatic N) is 2. The number of furan rings is 1. The number of carbonyl (C=O) groups is 1. The summed E-state index contributed by atoms with van der Waals surface area (Å²) in [5.41, 5.74) is 1.20. The summed E-state index contributed by atoms with van der Waals surface area (Å²) < 4.78 is 6.45. The number of halogens is 1. The third-order valence-electron chi connectivity index (χ3n) is 3.86. The fraction of sp³-hybridized carbons (Fsp3) is 0.235. The standard InChI is InChI=1S/C17H16BrN3O3/c1-10-13(14-15(22)19-9-20-16(14)24-10)17(23)21(2)7-6-11-4-3-5-12(18)8-11/h3-5,8-9H,6-7H2,1-2H3,(H,19,20,22). The van der Waals surface area contributed by atoms with Crippen LogP contribution in [0, 0.1) is 6.92 Å². The van der Waals surface area contributed by atoms with Crippen molar-refractivity contribution in [2.45, 2.75) is 13.3 Å². The Morgan fingerprint density at radius 1 is 1.42 bits per heavy atom. The number of fused-ring (bicyclic) bond motifs is 1. The van der Waals surface area contributed by atoms with Crippen LogP contribution in [0.1, 0.15) is 21.7 Å². The minimum atomic E-state index is -0.374. The maximum atomic E-state index is 12.8. The van der Waals surface area contributed by atoms with E-state index in [1.165, 1.54) is 6.33 Å². The molecule has 0 atom stereocenters. The van der Waals surface area contributed by atoms with Crippen molar-refractivity contribution >= 4 is 32.9 Å². The molecule has 0 bridgehead atoms. The number of aryl methyl sites for hydroxylation is 1. The Balaban J connectivity index is 1.84. The van der Waals surface area contributed by atoms with Crippen molar-refractivity contribution in [3.8, 4) is 0 Å². The number of likely N-dealkylation sites (N-methyl/N-ethyl adjacent to an activating group) is 1. The van der Waals surface area contributed by atoms with Crippen LogP contribution in [-0.4, -0.2) is 34.4 Å². The molecule has 2 aromatic heterocycles. The van der Waals surface area contributed by atoms with Crippen LogP contribution in [0.5, 0.6) is 0 Å². The van der Waals surface area contributed by atoms with Crippen LogP contribution in [-0.2, 0) is 6.42 Å². The lowest BCUT2D eigenvalue weighted by Crippen LogP contribution is -2.30. The van der Waals surface area contributed by atoms with Crippen molar-refractivity contribution in [2.24, 2.45) is 0 Å². The van der Waals surface area contributed by atoms with Gasteiger partial charge < -0.3 is 14.3 Å². The van der Waals surface area contributed by atoms with Crippen LogP contribution in [0.2, 0.25) is 0 Å². The van der Waals surface area contributed by atoms with Crippen LogP contribution in [0.4, 0.5) is 0 Å². The number of H-pyrrole nitrogens is 1. The molecule has 0 saturated carbocycles. The molecule has 124 valence electrons. The number of benzene rings is 1. The van der Waals surface area contributed by atoms with Gasteiger partial charge >= 0.3 is 0 Å². The highest BCUT2D eigenvalue weighted by atomic mass is 79.9. The van der Waals surface area contributed by atoms with Gasteiger partial charge in [0.2, 0.25) is 5.71 Å². The van der Waals surface area contributed by atoms with Gasteiger partial charge in [-0.25, -0.2) is 4.98 Å². The van der Waals surface area contributed by atoms with Gasteiger partial charge in [0.05, 0.1) is 11.9 Å². The molecule has 3 rings (SSSR count). The van der Waals surface area contributed by atoms with Crippen molar-refractivity contribution in [3.05, 3.63) is 62.3 Å². The second-order valence-electron chi connectivity index (χ2n) is 5.55. The van der Waals surface area contributed by atoms with E-state index in [1.54, 1.807) is 18.9 Å². The summed E-state index contributed by atoms with van der Waals surface area (Å²) in [4.78, 5) is 32.8. The summed E-state index contributed by atoms with van der Waals surface area (Å²) in [7, 11) is 1.71. The van der Waals surface area contributed by atoms with Gasteiger partial charge in [0, 0.05) is 18.1 Å². The zero-order chi connectivity index (χ0) is 17.3. The molecule has 1 N–H and O–H groups in total. The SMILES string of the molecule is Cc1oc2nc[nH]c(=O)c2c1C(=O)N(C)CCc1cccc(Br)c1. The second-order valence-corrected chi connectivity index (χ2v) is 6.47. The third-order valence-corrected chi connectivity index (χ3v) is 4.35. The number of nitrogens with one attached hydrogen (secondary N) is 1. The van der Waals surface area contributed by atoms with Gasteiger partial charge in [-0.1, -0.05) is 28.1 Å². The number of amides is 1. The highest BCUT2D eigenvalue weighted by Gasteiger charge is 2.24. The molecular formula is C17H16BrN3O3. The summed E-state index contributed by atoms with van der Waals surface area (Å²) in [6, 6.07) is 7.94. The van der Waals surface area contributed by atoms with Crippen molar-refractivity contribution in [3.63, 3.8) is 0 Å². The fourth-order valence-electron chi connectivity index (χ4n) is 2.59. The van der Waals surface area contributed by atoms with E-state index in [2.05, 4.69) is 25.9 Å². The van der Waals surface area contributed by atoms with Gasteiger partial charge in [-0.2, -0.15) is 0 Å². The first-order valence-electron chi connectivity index (χ1n) is 7.44. The number of carbonyl (C=O) groups excluding carboxylic acids is 1. The van der Waals surface area contributed by atoms with Gasteiger partial charge in [-0.15, -0.1) is 0 Å². The molecule has 0 aliphatic rings. The number of aromatic nitrogens is 2. The summed E-state index contributed by atoms with van der Waals surface area (Å²) in [6.07, 6.45) is 1.98. The molecule has 0 aliphatic carbocycles. The predicted molar refractivity (Wildman–Crippen MR) is 94.2 cm³/mol. The largest absolute Gasteiger partial charge is 0.442 e. The van der Waals surface area contributed by atoms with Crippen molar-refractivity contribution < 1.29 is 9.21 Å². The minimum absolute atomic E-state index is 0.181. The smallest absolute Gasteiger partial charge is 0.262 e. The molecule has 0 saturated heterocycles. The maximum absolute atomic E-state index is 12.8. The van der Waals surface area contributed by atoms with E-state index in [4.69, 9.17) is 4.42 Å². The van der Waals surface area contributed by atoms with E-state index >= 15 is 0 Å². The Morgan fingerprint density at radius 3 is 2.96 bits per heavy atom. The molecule has 6 nitrogen and oxygen atoms in total. The van der Waals surface area contributed by atoms with E-state index in [1.807, 2.05) is 24.3 Å². The van der Waals surface area contributed by atoms with Crippen LogP contribution >= 0.6 is 15.9 Å². The first-order valence-corrected chi connectivity index (χ1v) is 8.23. The Bertz CT molecular complexity index is 961. The first kappa shape index (κ1) is 16.4. The number of hydrogen-bond acceptors (Lipinski definition) is 4. The lowest BCUT2D eigenvalue weighted by Gasteiger charge is -2.17. The normalized spacial score (nSPS) is 11.0. The summed E-state index contributed by atoms with van der Waals surface area (Å²) in [5.74, 6) is 0.147. The monoisotopic (exact) mass is 389 g/mol. The number of hydrogen-bond donors (Lipinski definition) is 1. The molecule has 0 fully saturated rings. The summed E-state index contributed by atoms with van der Waals surface area (Å²) >= 11 is 3.44. The molecule has 7 heteroatoms. The summed E-state index contributed by atoms with van der Waals surface area (Å²) in [5, 5.41) is 0.203. The molecule has 0 radical (unpaired) electrons. The van der Waals surface area contributed by atoms with Crippen LogP contribution < -0.4 is 5.56 Å². The van der Waals surface area contributed by atoms with E-state index in [-0.39, 0.29) is 28.1 Å². The average molecular weight is 390 g/mol. The topological polar surface area (TPSA) is 79.2 Å². The lowest BCUT2D eigenvalue weighted by molar-refractivity contribution is 0.0796. The highest BCUT2D eigenvalue weighted by Crippen LogP contribution is 2.22. The number of aromatic amines is 1. The predicted octanol–water partition coefficient (Wildman–Crippen LogP) is 2.90. The average Bonchev–Trinajstić information content (AvgIpc) is 2.89. The molecule has 0 spiro atoms. The van der Waals surface area contributed by atoms with Crippen molar-refractivity contribution in [1.82, 2.24) is 14.9 Å². The lowest BCUT2D eigenvalue weighted by atomic mass is 10.1. The molecule has 0 aliphatic heterocycles. The zero-order valence-electron chi connectivity index (χ0n) is 13.3. The van der Waals surface area contributed by atoms with Crippen LogP contribution in [0.3, 0.4) is 0 Å². The molecule has 3 aromatic rings. The highest BCUT2D eigenvalue weighted by molar-refractivity contribution is 9.10. The molecule has 24 heavy (non-hydrogen) atoms. The maximum Gasteiger partial charge on any atom is 0.262 e. The van der Waals surface area contributed by atoms with Crippen molar-refractivity contribution in [1.29, 1.82) is 0 Å². The van der Waals surface area contributed by atoms with Crippen molar-refractivity contribution in [2.75, 3.05) is 13.6 Å². The Kier molecular flexibility index (Phi) is 4.53. The Morgan fingerprint density at radius 2 is 2.21 bits per heavy atom. The van der Waals surface area contributed by atoms with E-state index in [0.717, 1.165) is 10.0 Å².